The number of allylic oxidation sites excluding steroid dienone is 4. The Labute approximate surface area is 109 Å². The molecule has 0 spiro atoms. The van der Waals surface area contributed by atoms with Crippen molar-refractivity contribution < 1.29 is 8.42 Å². The maximum atomic E-state index is 12.1. The average molecular weight is 261 g/mol. The molecule has 5 heteroatoms. The zero-order valence-electron chi connectivity index (χ0n) is 10.6. The minimum Gasteiger partial charge on any atom is -0.281 e. The third-order valence-electron chi connectivity index (χ3n) is 2.38. The van der Waals surface area contributed by atoms with Crippen LogP contribution in [0.1, 0.15) is 6.92 Å². The minimum absolute atomic E-state index is 0.246. The van der Waals surface area contributed by atoms with Gasteiger partial charge in [0.1, 0.15) is 7.85 Å². The second kappa shape index (κ2) is 6.26. The first-order valence-corrected chi connectivity index (χ1v) is 7.03. The van der Waals surface area contributed by atoms with Crippen LogP contribution in [0.25, 0.3) is 0 Å². The molecule has 0 atom stereocenters. The van der Waals surface area contributed by atoms with Crippen LogP contribution in [0, 0.1) is 0 Å². The monoisotopic (exact) mass is 261 g/mol. The highest BCUT2D eigenvalue weighted by Crippen LogP contribution is 2.12. The molecule has 0 aromatic heterocycles. The second-order valence-corrected chi connectivity index (χ2v) is 5.39. The fraction of sp³-hybridized carbons (Fsp3) is 0.0769. The van der Waals surface area contributed by atoms with Gasteiger partial charge >= 0.3 is 0 Å². The summed E-state index contributed by atoms with van der Waals surface area (Å²) < 4.78 is 26.8. The molecule has 0 aliphatic rings. The number of hydrogen-bond acceptors (Lipinski definition) is 2. The van der Waals surface area contributed by atoms with Crippen LogP contribution in [0.5, 0.6) is 0 Å². The van der Waals surface area contributed by atoms with E-state index in [1.807, 2.05) is 7.85 Å². The van der Waals surface area contributed by atoms with E-state index in [1.54, 1.807) is 55.5 Å². The average Bonchev–Trinajstić information content (AvgIpc) is 2.37. The van der Waals surface area contributed by atoms with Gasteiger partial charge in [0.15, 0.2) is 0 Å². The van der Waals surface area contributed by atoms with Gasteiger partial charge < -0.3 is 0 Å². The summed E-state index contributed by atoms with van der Waals surface area (Å²) in [6.45, 7) is 5.37. The third kappa shape index (κ3) is 3.63. The Morgan fingerprint density at radius 2 is 1.94 bits per heavy atom. The Bertz CT molecular complexity index is 574. The molecule has 0 saturated heterocycles. The Hall–Kier alpha value is -1.75. The largest absolute Gasteiger partial charge is 0.281 e. The zero-order chi connectivity index (χ0) is 13.6. The molecule has 0 fully saturated rings. The molecule has 0 radical (unpaired) electrons. The summed E-state index contributed by atoms with van der Waals surface area (Å²) in [7, 11) is -1.70. The molecule has 1 aromatic rings. The van der Waals surface area contributed by atoms with Crippen molar-refractivity contribution in [3.8, 4) is 0 Å². The first kappa shape index (κ1) is 14.3. The van der Waals surface area contributed by atoms with E-state index < -0.39 is 10.0 Å². The van der Waals surface area contributed by atoms with E-state index in [0.717, 1.165) is 5.47 Å². The summed E-state index contributed by atoms with van der Waals surface area (Å²) in [6.07, 6.45) is 5.09. The van der Waals surface area contributed by atoms with Crippen molar-refractivity contribution in [2.75, 3.05) is 0 Å². The summed E-state index contributed by atoms with van der Waals surface area (Å²) in [5.41, 5.74) is 1.37. The predicted octanol–water partition coefficient (Wildman–Crippen LogP) is 1.57. The summed E-state index contributed by atoms with van der Waals surface area (Å²) >= 11 is 0. The van der Waals surface area contributed by atoms with Gasteiger partial charge in [-0.3, -0.25) is 4.72 Å². The van der Waals surface area contributed by atoms with E-state index in [0.29, 0.717) is 5.70 Å². The van der Waals surface area contributed by atoms with E-state index in [-0.39, 0.29) is 4.90 Å². The van der Waals surface area contributed by atoms with Gasteiger partial charge in [-0.2, -0.15) is 0 Å². The molecule has 1 N–H and O–H groups in total. The summed E-state index contributed by atoms with van der Waals surface area (Å²) in [5.74, 6) is 0. The van der Waals surface area contributed by atoms with Gasteiger partial charge in [0.05, 0.1) is 4.90 Å². The highest BCUT2D eigenvalue weighted by Gasteiger charge is 2.14. The standard InChI is InChI=1S/C13H16BNO2S/c1-3-8-12(14)13(4-2)15-18(16,17)11-9-6-5-7-10-11/h3-10,15H,1,14H2,2H3/b12-8+,13-4+. The molecule has 0 bridgehead atoms. The molecule has 1 aromatic carbocycles. The van der Waals surface area contributed by atoms with E-state index in [2.05, 4.69) is 11.3 Å². The topological polar surface area (TPSA) is 46.2 Å². The Balaban J connectivity index is 3.04. The summed E-state index contributed by atoms with van der Waals surface area (Å²) in [5, 5.41) is 0. The molecule has 1 rings (SSSR count). The number of hydrogen-bond donors (Lipinski definition) is 1. The lowest BCUT2D eigenvalue weighted by atomic mass is 9.92. The van der Waals surface area contributed by atoms with Crippen molar-refractivity contribution in [3.05, 3.63) is 66.3 Å². The molecule has 18 heavy (non-hydrogen) atoms. The predicted molar refractivity (Wildman–Crippen MR) is 77.3 cm³/mol. The quantitative estimate of drug-likeness (QED) is 0.646. The van der Waals surface area contributed by atoms with Crippen molar-refractivity contribution in [2.24, 2.45) is 0 Å². The van der Waals surface area contributed by atoms with Gasteiger partial charge in [-0.25, -0.2) is 8.42 Å². The van der Waals surface area contributed by atoms with Gasteiger partial charge in [0.25, 0.3) is 10.0 Å². The number of nitrogens with one attached hydrogen (secondary N) is 1. The van der Waals surface area contributed by atoms with Crippen molar-refractivity contribution in [2.45, 2.75) is 11.8 Å². The molecule has 0 aliphatic carbocycles. The van der Waals surface area contributed by atoms with Crippen molar-refractivity contribution in [1.82, 2.24) is 4.72 Å². The Kier molecular flexibility index (Phi) is 4.98. The lowest BCUT2D eigenvalue weighted by Crippen LogP contribution is -2.24. The van der Waals surface area contributed by atoms with E-state index >= 15 is 0 Å². The second-order valence-electron chi connectivity index (χ2n) is 3.71. The maximum Gasteiger partial charge on any atom is 0.261 e. The van der Waals surface area contributed by atoms with Crippen LogP contribution in [-0.4, -0.2) is 16.3 Å². The SMILES string of the molecule is BC(=C/C=C)/C(=C\C)NS(=O)(=O)c1ccccc1. The Morgan fingerprint density at radius 3 is 2.44 bits per heavy atom. The van der Waals surface area contributed by atoms with Crippen LogP contribution in [-0.2, 0) is 10.0 Å². The highest BCUT2D eigenvalue weighted by atomic mass is 32.2. The van der Waals surface area contributed by atoms with Crippen molar-refractivity contribution in [3.63, 3.8) is 0 Å². The molecule has 3 nitrogen and oxygen atoms in total. The summed E-state index contributed by atoms with van der Waals surface area (Å²) in [6, 6.07) is 8.27. The van der Waals surface area contributed by atoms with Crippen LogP contribution >= 0.6 is 0 Å². The van der Waals surface area contributed by atoms with Crippen LogP contribution in [0.15, 0.2) is 71.2 Å². The molecule has 0 saturated carbocycles. The van der Waals surface area contributed by atoms with Crippen LogP contribution in [0.2, 0.25) is 0 Å². The van der Waals surface area contributed by atoms with Gasteiger partial charge in [0.2, 0.25) is 0 Å². The molecule has 0 aliphatic heterocycles. The molecular formula is C13H16BNO2S. The molecule has 0 heterocycles. The van der Waals surface area contributed by atoms with Crippen molar-refractivity contribution >= 4 is 17.9 Å². The zero-order valence-corrected chi connectivity index (χ0v) is 11.4. The van der Waals surface area contributed by atoms with Crippen LogP contribution in [0.4, 0.5) is 0 Å². The number of rotatable bonds is 5. The van der Waals surface area contributed by atoms with Crippen LogP contribution < -0.4 is 4.72 Å². The van der Waals surface area contributed by atoms with Gasteiger partial charge in [-0.1, -0.05) is 48.5 Å². The fourth-order valence-electron chi connectivity index (χ4n) is 1.44. The minimum atomic E-state index is -3.53. The first-order chi connectivity index (χ1) is 8.51. The van der Waals surface area contributed by atoms with Crippen molar-refractivity contribution in [1.29, 1.82) is 0 Å². The smallest absolute Gasteiger partial charge is 0.261 e. The number of benzene rings is 1. The molecule has 0 unspecified atom stereocenters. The van der Waals surface area contributed by atoms with Gasteiger partial charge in [-0.05, 0) is 19.1 Å². The van der Waals surface area contributed by atoms with Crippen LogP contribution in [0.3, 0.4) is 0 Å². The van der Waals surface area contributed by atoms with E-state index in [1.165, 1.54) is 0 Å². The molecule has 0 amide bonds. The maximum absolute atomic E-state index is 12.1. The first-order valence-electron chi connectivity index (χ1n) is 5.55. The van der Waals surface area contributed by atoms with Gasteiger partial charge in [-0.15, -0.1) is 0 Å². The van der Waals surface area contributed by atoms with E-state index in [9.17, 15) is 8.42 Å². The number of sulfonamides is 1. The normalized spacial score (nSPS) is 13.2. The van der Waals surface area contributed by atoms with E-state index in [4.69, 9.17) is 0 Å². The Morgan fingerprint density at radius 1 is 1.33 bits per heavy atom. The highest BCUT2D eigenvalue weighted by molar-refractivity contribution is 7.89. The van der Waals surface area contributed by atoms with Gasteiger partial charge in [0, 0.05) is 5.70 Å². The lowest BCUT2D eigenvalue weighted by Gasteiger charge is -2.12. The molecule has 94 valence electrons. The summed E-state index contributed by atoms with van der Waals surface area (Å²) in [4.78, 5) is 0.246. The molecular weight excluding hydrogens is 245 g/mol. The lowest BCUT2D eigenvalue weighted by molar-refractivity contribution is 0.589. The fourth-order valence-corrected chi connectivity index (χ4v) is 2.64. The third-order valence-corrected chi connectivity index (χ3v) is 3.76.